The monoisotopic (exact) mass is 511 g/mol. The van der Waals surface area contributed by atoms with Crippen molar-refractivity contribution in [1.29, 1.82) is 0 Å². The van der Waals surface area contributed by atoms with Gasteiger partial charge in [0.2, 0.25) is 0 Å². The summed E-state index contributed by atoms with van der Waals surface area (Å²) in [6.45, 7) is -0.0343. The Morgan fingerprint density at radius 3 is 1.76 bits per heavy atom. The number of nitrogens with zero attached hydrogens (tertiary/aromatic N) is 2. The lowest BCUT2D eigenvalue weighted by atomic mass is 10.1. The number of hydrogen-bond acceptors (Lipinski definition) is 9. The number of benzene rings is 2. The van der Waals surface area contributed by atoms with Gasteiger partial charge in [0.1, 0.15) is 19.3 Å². The normalized spacial score (nSPS) is 13.7. The number of imide groups is 2. The van der Waals surface area contributed by atoms with Gasteiger partial charge in [-0.25, -0.2) is 14.4 Å². The van der Waals surface area contributed by atoms with E-state index in [2.05, 4.69) is 0 Å². The topological polar surface area (TPSA) is 146 Å². The molecule has 196 valence electrons. The summed E-state index contributed by atoms with van der Waals surface area (Å²) in [5.41, 5.74) is 6.88. The van der Waals surface area contributed by atoms with Crippen molar-refractivity contribution in [3.05, 3.63) is 71.8 Å². The molecule has 11 heteroatoms. The predicted molar refractivity (Wildman–Crippen MR) is 129 cm³/mol. The molecule has 0 spiro atoms. The second-order valence-corrected chi connectivity index (χ2v) is 8.24. The minimum absolute atomic E-state index is 0.0485. The molecule has 1 saturated heterocycles. The standard InChI is InChI=1S/C26H29N3O8/c27-16-8-7-13-21(24(32)37-29-22(30)14-15-23(29)31)28(25(33)35-17-19-9-3-1-4-10-19)26(34)36-18-20-11-5-2-6-12-20/h1-6,9-12,21H,7-8,13-18,27H2/t21-/m0/s1. The number of unbranched alkanes of at least 4 members (excludes halogenated alkanes) is 1. The second kappa shape index (κ2) is 13.7. The van der Waals surface area contributed by atoms with Gasteiger partial charge in [0.05, 0.1) is 0 Å². The van der Waals surface area contributed by atoms with Crippen molar-refractivity contribution >= 4 is 30.0 Å². The molecule has 2 aromatic rings. The lowest BCUT2D eigenvalue weighted by Gasteiger charge is -2.28. The van der Waals surface area contributed by atoms with Crippen LogP contribution in [0.15, 0.2) is 60.7 Å². The van der Waals surface area contributed by atoms with Crippen molar-refractivity contribution in [2.45, 2.75) is 51.4 Å². The molecule has 2 aromatic carbocycles. The van der Waals surface area contributed by atoms with Gasteiger partial charge in [-0.2, -0.15) is 4.90 Å². The van der Waals surface area contributed by atoms with Crippen LogP contribution in [0.1, 0.15) is 43.2 Å². The van der Waals surface area contributed by atoms with Gasteiger partial charge >= 0.3 is 18.2 Å². The smallest absolute Gasteiger partial charge is 0.420 e. The van der Waals surface area contributed by atoms with Gasteiger partial charge < -0.3 is 20.0 Å². The number of ether oxygens (including phenoxy) is 2. The number of carbonyl (C=O) groups is 5. The van der Waals surface area contributed by atoms with Crippen molar-refractivity contribution in [3.8, 4) is 0 Å². The highest BCUT2D eigenvalue weighted by Gasteiger charge is 2.41. The minimum Gasteiger partial charge on any atom is -0.444 e. The Kier molecular flexibility index (Phi) is 10.1. The maximum atomic E-state index is 13.1. The van der Waals surface area contributed by atoms with E-state index in [1.54, 1.807) is 60.7 Å². The van der Waals surface area contributed by atoms with Crippen molar-refractivity contribution < 1.29 is 38.3 Å². The summed E-state index contributed by atoms with van der Waals surface area (Å²) < 4.78 is 10.6. The third-order valence-corrected chi connectivity index (χ3v) is 5.51. The summed E-state index contributed by atoms with van der Waals surface area (Å²) in [6, 6.07) is 16.0. The van der Waals surface area contributed by atoms with Gasteiger partial charge in [-0.1, -0.05) is 60.7 Å². The van der Waals surface area contributed by atoms with E-state index in [1.165, 1.54) is 0 Å². The zero-order chi connectivity index (χ0) is 26.6. The number of hydroxylamine groups is 2. The summed E-state index contributed by atoms with van der Waals surface area (Å²) in [4.78, 5) is 68.9. The van der Waals surface area contributed by atoms with Gasteiger partial charge in [-0.05, 0) is 36.9 Å². The van der Waals surface area contributed by atoms with Crippen LogP contribution in [0.25, 0.3) is 0 Å². The number of carbonyl (C=O) groups excluding carboxylic acids is 5. The summed E-state index contributed by atoms with van der Waals surface area (Å²) in [6.07, 6.45) is -1.72. The van der Waals surface area contributed by atoms with Crippen LogP contribution in [-0.4, -0.2) is 52.5 Å². The van der Waals surface area contributed by atoms with Gasteiger partial charge in [-0.3, -0.25) is 9.59 Å². The lowest BCUT2D eigenvalue weighted by molar-refractivity contribution is -0.200. The first-order valence-corrected chi connectivity index (χ1v) is 11.9. The summed E-state index contributed by atoms with van der Waals surface area (Å²) in [5.74, 6) is -2.53. The Morgan fingerprint density at radius 2 is 1.30 bits per heavy atom. The number of amides is 4. The number of hydrogen-bond donors (Lipinski definition) is 1. The first kappa shape index (κ1) is 27.3. The summed E-state index contributed by atoms with van der Waals surface area (Å²) >= 11 is 0. The molecule has 37 heavy (non-hydrogen) atoms. The zero-order valence-corrected chi connectivity index (χ0v) is 20.2. The van der Waals surface area contributed by atoms with E-state index in [9.17, 15) is 24.0 Å². The van der Waals surface area contributed by atoms with Gasteiger partial charge in [0.25, 0.3) is 11.8 Å². The Balaban J connectivity index is 1.83. The molecule has 4 amide bonds. The first-order chi connectivity index (χ1) is 17.9. The van der Waals surface area contributed by atoms with Crippen LogP contribution in [0, 0.1) is 0 Å². The van der Waals surface area contributed by atoms with Crippen LogP contribution in [0.3, 0.4) is 0 Å². The van der Waals surface area contributed by atoms with E-state index in [4.69, 9.17) is 20.0 Å². The van der Waals surface area contributed by atoms with Crippen LogP contribution >= 0.6 is 0 Å². The molecule has 0 saturated carbocycles. The fourth-order valence-electron chi connectivity index (χ4n) is 3.55. The Hall–Kier alpha value is -4.25. The molecule has 0 unspecified atom stereocenters. The largest absolute Gasteiger partial charge is 0.444 e. The number of nitrogens with two attached hydrogens (primary N) is 1. The Labute approximate surface area is 214 Å². The third-order valence-electron chi connectivity index (χ3n) is 5.51. The lowest BCUT2D eigenvalue weighted by Crippen LogP contribution is -2.51. The molecule has 0 radical (unpaired) electrons. The maximum Gasteiger partial charge on any atom is 0.420 e. The Bertz CT molecular complexity index is 1020. The van der Waals surface area contributed by atoms with Crippen molar-refractivity contribution in [2.75, 3.05) is 6.54 Å². The zero-order valence-electron chi connectivity index (χ0n) is 20.2. The SMILES string of the molecule is NCCCC[C@@H](C(=O)ON1C(=O)CCC1=O)N(C(=O)OCc1ccccc1)C(=O)OCc1ccccc1. The average molecular weight is 512 g/mol. The van der Waals surface area contributed by atoms with Crippen LogP contribution in [0.2, 0.25) is 0 Å². The molecular weight excluding hydrogens is 482 g/mol. The highest BCUT2D eigenvalue weighted by Crippen LogP contribution is 2.19. The van der Waals surface area contributed by atoms with Crippen LogP contribution < -0.4 is 5.73 Å². The maximum absolute atomic E-state index is 13.1. The van der Waals surface area contributed by atoms with Crippen LogP contribution in [0.5, 0.6) is 0 Å². The highest BCUT2D eigenvalue weighted by atomic mass is 16.7. The van der Waals surface area contributed by atoms with E-state index < -0.39 is 36.0 Å². The minimum atomic E-state index is -1.53. The van der Waals surface area contributed by atoms with E-state index >= 15 is 0 Å². The fourth-order valence-corrected chi connectivity index (χ4v) is 3.55. The average Bonchev–Trinajstić information content (AvgIpc) is 3.23. The molecule has 3 rings (SSSR count). The van der Waals surface area contributed by atoms with E-state index in [0.717, 1.165) is 0 Å². The first-order valence-electron chi connectivity index (χ1n) is 11.9. The molecule has 0 aliphatic carbocycles. The van der Waals surface area contributed by atoms with Gasteiger partial charge in [-0.15, -0.1) is 5.06 Å². The van der Waals surface area contributed by atoms with E-state index in [0.29, 0.717) is 40.5 Å². The van der Waals surface area contributed by atoms with Gasteiger partial charge in [0, 0.05) is 12.8 Å². The molecule has 1 aliphatic heterocycles. The van der Waals surface area contributed by atoms with Crippen molar-refractivity contribution in [2.24, 2.45) is 5.73 Å². The highest BCUT2D eigenvalue weighted by molar-refractivity contribution is 6.02. The molecule has 1 aliphatic rings. The van der Waals surface area contributed by atoms with Crippen LogP contribution in [0.4, 0.5) is 9.59 Å². The van der Waals surface area contributed by atoms with E-state index in [-0.39, 0.29) is 32.5 Å². The van der Waals surface area contributed by atoms with Crippen molar-refractivity contribution in [3.63, 3.8) is 0 Å². The Morgan fingerprint density at radius 1 is 0.811 bits per heavy atom. The molecule has 1 fully saturated rings. The third kappa shape index (κ3) is 7.87. The predicted octanol–water partition coefficient (Wildman–Crippen LogP) is 3.07. The number of rotatable bonds is 11. The van der Waals surface area contributed by atoms with Crippen LogP contribution in [-0.2, 0) is 41.9 Å². The van der Waals surface area contributed by atoms with Gasteiger partial charge in [0.15, 0.2) is 0 Å². The summed E-state index contributed by atoms with van der Waals surface area (Å²) in [7, 11) is 0. The fraction of sp³-hybridized carbons (Fsp3) is 0.346. The molecule has 2 N–H and O–H groups in total. The van der Waals surface area contributed by atoms with Crippen molar-refractivity contribution in [1.82, 2.24) is 9.96 Å². The second-order valence-electron chi connectivity index (χ2n) is 8.24. The molecular formula is C26H29N3O8. The molecule has 1 atom stereocenters. The quantitative estimate of drug-likeness (QED) is 0.355. The summed E-state index contributed by atoms with van der Waals surface area (Å²) in [5, 5.41) is 0.362. The molecule has 0 aromatic heterocycles. The molecule has 1 heterocycles. The van der Waals surface area contributed by atoms with E-state index in [1.807, 2.05) is 0 Å². The molecule has 11 nitrogen and oxygen atoms in total. The molecule has 0 bridgehead atoms.